The largest absolute Gasteiger partial charge is 0.352 e. The summed E-state index contributed by atoms with van der Waals surface area (Å²) < 4.78 is 29.0. The normalized spacial score (nSPS) is 12.8. The zero-order valence-corrected chi connectivity index (χ0v) is 24.2. The summed E-state index contributed by atoms with van der Waals surface area (Å²) in [7, 11) is -4.08. The highest BCUT2D eigenvalue weighted by molar-refractivity contribution is 7.92. The number of nitrogens with zero attached hydrogens (tertiary/aromatic N) is 2. The number of carbonyl (C=O) groups excluding carboxylic acids is 2. The zero-order chi connectivity index (χ0) is 28.6. The fourth-order valence-electron chi connectivity index (χ4n) is 4.31. The standard InChI is InChI=1S/C31H39N3O4S/c1-6-24(4)32-31(36)25(5)33(21-27-17-12-11-15-23(27)3)30(35)22-34(29-20-14-13-16-26(29)7-2)39(37,38)28-18-9-8-10-19-28/h8-20,24-25H,6-7,21-22H2,1-5H3,(H,32,36). The van der Waals surface area contributed by atoms with E-state index in [2.05, 4.69) is 5.32 Å². The van der Waals surface area contributed by atoms with Crippen LogP contribution in [-0.4, -0.2) is 43.8 Å². The first kappa shape index (κ1) is 29.9. The van der Waals surface area contributed by atoms with Gasteiger partial charge in [0.15, 0.2) is 0 Å². The molecule has 2 atom stereocenters. The van der Waals surface area contributed by atoms with E-state index in [9.17, 15) is 18.0 Å². The summed E-state index contributed by atoms with van der Waals surface area (Å²) in [5, 5.41) is 2.96. The number of carbonyl (C=O) groups is 2. The molecule has 39 heavy (non-hydrogen) atoms. The van der Waals surface area contributed by atoms with Crippen LogP contribution in [0.4, 0.5) is 5.69 Å². The Balaban J connectivity index is 2.06. The number of sulfonamides is 1. The number of rotatable bonds is 12. The Morgan fingerprint density at radius 3 is 2.05 bits per heavy atom. The van der Waals surface area contributed by atoms with Crippen LogP contribution in [0.1, 0.15) is 50.8 Å². The van der Waals surface area contributed by atoms with Gasteiger partial charge in [-0.2, -0.15) is 0 Å². The molecule has 208 valence electrons. The molecule has 0 aliphatic heterocycles. The third-order valence-electron chi connectivity index (χ3n) is 7.02. The lowest BCUT2D eigenvalue weighted by atomic mass is 10.1. The molecule has 8 heteroatoms. The molecule has 3 rings (SSSR count). The number of para-hydroxylation sites is 1. The Kier molecular flexibility index (Phi) is 10.3. The first-order chi connectivity index (χ1) is 18.6. The second-order valence-electron chi connectivity index (χ2n) is 9.75. The third-order valence-corrected chi connectivity index (χ3v) is 8.80. The van der Waals surface area contributed by atoms with Crippen LogP contribution in [0.2, 0.25) is 0 Å². The fourth-order valence-corrected chi connectivity index (χ4v) is 5.78. The first-order valence-electron chi connectivity index (χ1n) is 13.4. The van der Waals surface area contributed by atoms with E-state index < -0.39 is 28.5 Å². The minimum atomic E-state index is -4.08. The maximum atomic E-state index is 14.1. The van der Waals surface area contributed by atoms with Crippen molar-refractivity contribution in [3.05, 3.63) is 95.6 Å². The van der Waals surface area contributed by atoms with Gasteiger partial charge in [-0.1, -0.05) is 74.5 Å². The predicted molar refractivity (Wildman–Crippen MR) is 156 cm³/mol. The Labute approximate surface area is 232 Å². The van der Waals surface area contributed by atoms with E-state index in [-0.39, 0.29) is 23.4 Å². The van der Waals surface area contributed by atoms with Crippen molar-refractivity contribution in [3.8, 4) is 0 Å². The van der Waals surface area contributed by atoms with E-state index in [1.807, 2.05) is 64.1 Å². The average molecular weight is 550 g/mol. The second-order valence-corrected chi connectivity index (χ2v) is 11.6. The molecule has 0 heterocycles. The van der Waals surface area contributed by atoms with Crippen molar-refractivity contribution < 1.29 is 18.0 Å². The van der Waals surface area contributed by atoms with Crippen molar-refractivity contribution in [2.75, 3.05) is 10.8 Å². The molecule has 3 aromatic carbocycles. The van der Waals surface area contributed by atoms with Crippen molar-refractivity contribution in [1.82, 2.24) is 10.2 Å². The van der Waals surface area contributed by atoms with Crippen LogP contribution in [0.3, 0.4) is 0 Å². The van der Waals surface area contributed by atoms with Crippen molar-refractivity contribution >= 4 is 27.5 Å². The van der Waals surface area contributed by atoms with Crippen molar-refractivity contribution in [3.63, 3.8) is 0 Å². The SMILES string of the molecule is CCc1ccccc1N(CC(=O)N(Cc1ccccc1C)C(C)C(=O)NC(C)CC)S(=O)(=O)c1ccccc1. The number of aryl methyl sites for hydroxylation is 2. The van der Waals surface area contributed by atoms with Gasteiger partial charge in [-0.3, -0.25) is 13.9 Å². The molecule has 0 fully saturated rings. The van der Waals surface area contributed by atoms with Gasteiger partial charge in [-0.05, 0) is 68.5 Å². The Morgan fingerprint density at radius 2 is 1.44 bits per heavy atom. The van der Waals surface area contributed by atoms with Gasteiger partial charge in [0, 0.05) is 12.6 Å². The van der Waals surface area contributed by atoms with Crippen LogP contribution in [0.5, 0.6) is 0 Å². The smallest absolute Gasteiger partial charge is 0.264 e. The number of hydrogen-bond donors (Lipinski definition) is 1. The van der Waals surface area contributed by atoms with Gasteiger partial charge in [0.1, 0.15) is 12.6 Å². The van der Waals surface area contributed by atoms with Crippen LogP contribution in [0.25, 0.3) is 0 Å². The number of benzene rings is 3. The van der Waals surface area contributed by atoms with E-state index in [1.165, 1.54) is 21.3 Å². The summed E-state index contributed by atoms with van der Waals surface area (Å²) in [6, 6.07) is 22.1. The summed E-state index contributed by atoms with van der Waals surface area (Å²) in [5.41, 5.74) is 3.12. The molecule has 0 aliphatic carbocycles. The van der Waals surface area contributed by atoms with Crippen LogP contribution >= 0.6 is 0 Å². The minimum absolute atomic E-state index is 0.0539. The molecule has 0 aromatic heterocycles. The van der Waals surface area contributed by atoms with Crippen LogP contribution in [0, 0.1) is 6.92 Å². The lowest BCUT2D eigenvalue weighted by Gasteiger charge is -2.33. The van der Waals surface area contributed by atoms with Gasteiger partial charge < -0.3 is 10.2 Å². The highest BCUT2D eigenvalue weighted by Gasteiger charge is 2.33. The molecule has 0 spiro atoms. The molecule has 0 saturated heterocycles. The number of anilines is 1. The summed E-state index contributed by atoms with van der Waals surface area (Å²) in [4.78, 5) is 28.8. The molecule has 2 amide bonds. The average Bonchev–Trinajstić information content (AvgIpc) is 2.95. The number of amides is 2. The molecular formula is C31H39N3O4S. The molecule has 2 unspecified atom stereocenters. The van der Waals surface area contributed by atoms with Gasteiger partial charge in [0.05, 0.1) is 10.6 Å². The Bertz CT molecular complexity index is 1380. The summed E-state index contributed by atoms with van der Waals surface area (Å²) in [6.07, 6.45) is 1.34. The lowest BCUT2D eigenvalue weighted by molar-refractivity contribution is -0.139. The molecule has 0 saturated carbocycles. The van der Waals surface area contributed by atoms with E-state index in [4.69, 9.17) is 0 Å². The summed E-state index contributed by atoms with van der Waals surface area (Å²) in [6.45, 7) is 9.20. The summed E-state index contributed by atoms with van der Waals surface area (Å²) in [5.74, 6) is -0.742. The highest BCUT2D eigenvalue weighted by atomic mass is 32.2. The summed E-state index contributed by atoms with van der Waals surface area (Å²) >= 11 is 0. The fraction of sp³-hybridized carbons (Fsp3) is 0.355. The Hall–Kier alpha value is -3.65. The van der Waals surface area contributed by atoms with Crippen molar-refractivity contribution in [2.45, 2.75) is 71.0 Å². The molecule has 7 nitrogen and oxygen atoms in total. The maximum Gasteiger partial charge on any atom is 0.264 e. The topological polar surface area (TPSA) is 86.8 Å². The van der Waals surface area contributed by atoms with E-state index in [0.29, 0.717) is 12.1 Å². The van der Waals surface area contributed by atoms with Gasteiger partial charge in [0.2, 0.25) is 11.8 Å². The molecule has 3 aromatic rings. The molecule has 0 aliphatic rings. The first-order valence-corrected chi connectivity index (χ1v) is 14.8. The lowest BCUT2D eigenvalue weighted by Crippen LogP contribution is -2.52. The third kappa shape index (κ3) is 7.26. The molecule has 1 N–H and O–H groups in total. The van der Waals surface area contributed by atoms with Crippen LogP contribution in [0.15, 0.2) is 83.8 Å². The van der Waals surface area contributed by atoms with E-state index in [1.54, 1.807) is 37.3 Å². The van der Waals surface area contributed by atoms with Gasteiger partial charge in [-0.15, -0.1) is 0 Å². The molecular weight excluding hydrogens is 510 g/mol. The highest BCUT2D eigenvalue weighted by Crippen LogP contribution is 2.28. The van der Waals surface area contributed by atoms with Gasteiger partial charge in [0.25, 0.3) is 10.0 Å². The zero-order valence-electron chi connectivity index (χ0n) is 23.4. The van der Waals surface area contributed by atoms with E-state index >= 15 is 0 Å². The minimum Gasteiger partial charge on any atom is -0.352 e. The number of nitrogens with one attached hydrogen (secondary N) is 1. The van der Waals surface area contributed by atoms with Crippen LogP contribution < -0.4 is 9.62 Å². The predicted octanol–water partition coefficient (Wildman–Crippen LogP) is 5.08. The van der Waals surface area contributed by atoms with E-state index in [0.717, 1.165) is 23.1 Å². The van der Waals surface area contributed by atoms with Gasteiger partial charge in [-0.25, -0.2) is 8.42 Å². The number of hydrogen-bond acceptors (Lipinski definition) is 4. The van der Waals surface area contributed by atoms with Gasteiger partial charge >= 0.3 is 0 Å². The Morgan fingerprint density at radius 1 is 0.846 bits per heavy atom. The molecule has 0 radical (unpaired) electrons. The maximum absolute atomic E-state index is 14.1. The quantitative estimate of drug-likeness (QED) is 0.341. The van der Waals surface area contributed by atoms with Crippen molar-refractivity contribution in [1.29, 1.82) is 0 Å². The monoisotopic (exact) mass is 549 g/mol. The van der Waals surface area contributed by atoms with Crippen molar-refractivity contribution in [2.24, 2.45) is 0 Å². The second kappa shape index (κ2) is 13.4. The van der Waals surface area contributed by atoms with Crippen LogP contribution in [-0.2, 0) is 32.6 Å². The molecule has 0 bridgehead atoms.